The Bertz CT molecular complexity index is 2080. The molecule has 13 nitrogen and oxygen atoms in total. The topological polar surface area (TPSA) is 147 Å². The number of hydrogen-bond acceptors (Lipinski definition) is 9. The number of nitrogens with one attached hydrogen (secondary N) is 1. The molecule has 1 saturated heterocycles. The van der Waals surface area contributed by atoms with E-state index in [1.165, 1.54) is 22.6 Å². The highest BCUT2D eigenvalue weighted by Gasteiger charge is 2.35. The van der Waals surface area contributed by atoms with Crippen molar-refractivity contribution in [2.45, 2.75) is 46.3 Å². The molecule has 0 bridgehead atoms. The van der Waals surface area contributed by atoms with E-state index in [1.54, 1.807) is 30.9 Å². The predicted molar refractivity (Wildman–Crippen MR) is 174 cm³/mol. The van der Waals surface area contributed by atoms with Gasteiger partial charge in [-0.05, 0) is 61.6 Å². The Labute approximate surface area is 282 Å². The molecule has 5 heterocycles. The van der Waals surface area contributed by atoms with Crippen LogP contribution in [0.2, 0.25) is 0 Å². The number of halogens is 4. The lowest BCUT2D eigenvalue weighted by molar-refractivity contribution is -0.140. The van der Waals surface area contributed by atoms with Crippen LogP contribution < -0.4 is 15.8 Å². The molecular weight excluding hydrogens is 664 g/mol. The van der Waals surface area contributed by atoms with E-state index in [2.05, 4.69) is 20.4 Å². The number of hydrogen-bond donors (Lipinski definition) is 2. The van der Waals surface area contributed by atoms with Gasteiger partial charge in [-0.2, -0.15) is 22.7 Å². The Morgan fingerprint density at radius 3 is 2.50 bits per heavy atom. The third-order valence-corrected chi connectivity index (χ3v) is 8.82. The third kappa shape index (κ3) is 6.51. The van der Waals surface area contributed by atoms with Crippen molar-refractivity contribution >= 4 is 34.5 Å². The summed E-state index contributed by atoms with van der Waals surface area (Å²) in [6.45, 7) is 5.97. The molecule has 17 heteroatoms. The zero-order valence-electron chi connectivity index (χ0n) is 27.5. The minimum Gasteiger partial charge on any atom is -0.505 e. The van der Waals surface area contributed by atoms with Crippen molar-refractivity contribution in [2.24, 2.45) is 0 Å². The van der Waals surface area contributed by atoms with Crippen molar-refractivity contribution in [3.63, 3.8) is 0 Å². The molecule has 264 valence electrons. The number of nitrogens with zero attached hydrogens (tertiary/aromatic N) is 7. The zero-order valence-corrected chi connectivity index (χ0v) is 27.5. The lowest BCUT2D eigenvalue weighted by atomic mass is 10.1. The largest absolute Gasteiger partial charge is 0.505 e. The van der Waals surface area contributed by atoms with Crippen LogP contribution in [0.15, 0.2) is 35.3 Å². The first-order valence-electron chi connectivity index (χ1n) is 15.9. The number of amides is 2. The summed E-state index contributed by atoms with van der Waals surface area (Å²) in [5.74, 6) is -2.53. The van der Waals surface area contributed by atoms with Gasteiger partial charge in [0.1, 0.15) is 23.8 Å². The van der Waals surface area contributed by atoms with Crippen LogP contribution in [0.25, 0.3) is 11.4 Å². The fraction of sp³-hybridized carbons (Fsp3) is 0.394. The van der Waals surface area contributed by atoms with E-state index in [0.29, 0.717) is 43.0 Å². The maximum atomic E-state index is 14.4. The number of aryl methyl sites for hydroxylation is 2. The van der Waals surface area contributed by atoms with Crippen LogP contribution in [0.1, 0.15) is 52.0 Å². The van der Waals surface area contributed by atoms with Crippen molar-refractivity contribution < 1.29 is 37.0 Å². The van der Waals surface area contributed by atoms with Gasteiger partial charge in [0.2, 0.25) is 11.7 Å². The summed E-state index contributed by atoms with van der Waals surface area (Å²) in [5, 5.41) is 17.4. The lowest BCUT2D eigenvalue weighted by Gasteiger charge is -2.36. The molecule has 2 N–H and O–H groups in total. The Balaban J connectivity index is 1.36. The van der Waals surface area contributed by atoms with E-state index < -0.39 is 41.5 Å². The Hall–Kier alpha value is -5.32. The average molecular weight is 699 g/mol. The van der Waals surface area contributed by atoms with E-state index in [0.717, 1.165) is 10.1 Å². The summed E-state index contributed by atoms with van der Waals surface area (Å²) >= 11 is 0. The molecule has 4 aromatic rings. The van der Waals surface area contributed by atoms with Gasteiger partial charge in [0, 0.05) is 38.1 Å². The molecule has 0 aliphatic carbocycles. The molecule has 2 aliphatic heterocycles. The number of fused-ring (bicyclic) bond motifs is 1. The summed E-state index contributed by atoms with van der Waals surface area (Å²) in [6, 6.07) is 2.85. The van der Waals surface area contributed by atoms with E-state index in [9.17, 15) is 37.1 Å². The highest BCUT2D eigenvalue weighted by molar-refractivity contribution is 5.95. The molecule has 1 aromatic carbocycles. The number of ether oxygens (including phenoxy) is 1. The number of carbonyl (C=O) groups is 2. The molecule has 0 spiro atoms. The number of rotatable bonds is 7. The molecular formula is C33H34F4N8O5. The van der Waals surface area contributed by atoms with Crippen LogP contribution in [0.4, 0.5) is 28.9 Å². The molecule has 6 rings (SSSR count). The summed E-state index contributed by atoms with van der Waals surface area (Å²) in [7, 11) is 0. The minimum absolute atomic E-state index is 0.00588. The van der Waals surface area contributed by atoms with Crippen LogP contribution in [0.3, 0.4) is 0 Å². The molecule has 0 unspecified atom stereocenters. The first kappa shape index (κ1) is 34.5. The highest BCUT2D eigenvalue weighted by atomic mass is 19.4. The van der Waals surface area contributed by atoms with Crippen molar-refractivity contribution in [3.8, 4) is 5.75 Å². The van der Waals surface area contributed by atoms with Crippen molar-refractivity contribution in [2.75, 3.05) is 49.6 Å². The quantitative estimate of drug-likeness (QED) is 0.276. The fourth-order valence-corrected chi connectivity index (χ4v) is 6.15. The van der Waals surface area contributed by atoms with Gasteiger partial charge >= 0.3 is 6.18 Å². The normalized spacial score (nSPS) is 15.4. The van der Waals surface area contributed by atoms with Gasteiger partial charge in [-0.15, -0.1) is 5.10 Å². The molecule has 3 aromatic heterocycles. The van der Waals surface area contributed by atoms with Gasteiger partial charge in [0.15, 0.2) is 11.5 Å². The van der Waals surface area contributed by atoms with Crippen LogP contribution in [0, 0.1) is 19.7 Å². The monoisotopic (exact) mass is 698 g/mol. The summed E-state index contributed by atoms with van der Waals surface area (Å²) in [6.07, 6.45) is -0.895. The van der Waals surface area contributed by atoms with Crippen LogP contribution in [0.5, 0.6) is 5.75 Å². The van der Waals surface area contributed by atoms with E-state index in [-0.39, 0.29) is 72.6 Å². The minimum atomic E-state index is -4.91. The maximum absolute atomic E-state index is 14.4. The first-order chi connectivity index (χ1) is 23.8. The van der Waals surface area contributed by atoms with Gasteiger partial charge in [-0.25, -0.2) is 9.37 Å². The summed E-state index contributed by atoms with van der Waals surface area (Å²) < 4.78 is 62.2. The second-order valence-electron chi connectivity index (χ2n) is 12.0. The molecule has 2 aliphatic rings. The molecule has 0 atom stereocenters. The molecule has 0 saturated carbocycles. The zero-order chi connectivity index (χ0) is 35.9. The van der Waals surface area contributed by atoms with E-state index >= 15 is 0 Å². The SMILES string of the molecule is CCc1c(N2CCN(C(=O)c3nccc(C)c3O)CC2)c(=O)n2nc(C3=CCOCC3)nc2n1CC(=O)Nc1cc(F)c(C(F)(F)F)cc1C. The number of aromatic nitrogens is 5. The predicted octanol–water partition coefficient (Wildman–Crippen LogP) is 3.73. The van der Waals surface area contributed by atoms with Gasteiger partial charge in [-0.3, -0.25) is 14.4 Å². The lowest BCUT2D eigenvalue weighted by Crippen LogP contribution is -2.51. The first-order valence-corrected chi connectivity index (χ1v) is 15.9. The number of benzene rings is 1. The van der Waals surface area contributed by atoms with Gasteiger partial charge in [-0.1, -0.05) is 13.0 Å². The van der Waals surface area contributed by atoms with Crippen LogP contribution >= 0.6 is 0 Å². The van der Waals surface area contributed by atoms with Crippen molar-refractivity contribution in [3.05, 3.63) is 80.5 Å². The number of piperazine rings is 1. The van der Waals surface area contributed by atoms with Crippen LogP contribution in [-0.4, -0.2) is 85.4 Å². The smallest absolute Gasteiger partial charge is 0.419 e. The molecule has 2 amide bonds. The Kier molecular flexibility index (Phi) is 9.35. The van der Waals surface area contributed by atoms with E-state index in [4.69, 9.17) is 4.74 Å². The van der Waals surface area contributed by atoms with Gasteiger partial charge < -0.3 is 29.5 Å². The molecule has 1 fully saturated rings. The van der Waals surface area contributed by atoms with Crippen molar-refractivity contribution in [1.82, 2.24) is 29.0 Å². The Morgan fingerprint density at radius 1 is 1.10 bits per heavy atom. The number of pyridine rings is 1. The number of aromatic hydroxyl groups is 1. The number of carbonyl (C=O) groups excluding carboxylic acids is 2. The maximum Gasteiger partial charge on any atom is 0.419 e. The number of alkyl halides is 3. The fourth-order valence-electron chi connectivity index (χ4n) is 6.15. The summed E-state index contributed by atoms with van der Waals surface area (Å²) in [5.41, 5.74) is -0.189. The molecule has 50 heavy (non-hydrogen) atoms. The van der Waals surface area contributed by atoms with Crippen molar-refractivity contribution in [1.29, 1.82) is 0 Å². The van der Waals surface area contributed by atoms with Gasteiger partial charge in [0.25, 0.3) is 11.5 Å². The second kappa shape index (κ2) is 13.5. The van der Waals surface area contributed by atoms with E-state index in [1.807, 2.05) is 0 Å². The Morgan fingerprint density at radius 2 is 1.84 bits per heavy atom. The second-order valence-corrected chi connectivity index (χ2v) is 12.0. The summed E-state index contributed by atoms with van der Waals surface area (Å²) in [4.78, 5) is 52.9. The van der Waals surface area contributed by atoms with Gasteiger partial charge in [0.05, 0.1) is 24.5 Å². The average Bonchev–Trinajstić information content (AvgIpc) is 3.54. The van der Waals surface area contributed by atoms with Crippen LogP contribution in [-0.2, 0) is 28.7 Å². The standard InChI is InChI=1S/C33H34F4N8O5/c1-4-24-27(42-9-11-43(12-10-42)30(48)26-28(47)18(2)5-8-38-26)31(49)45-32(40-29(41-45)20-6-13-50-14-7-20)44(24)17-25(46)39-23-16-22(34)21(15-19(23)3)33(35,36)37/h5-6,8,15-16,47H,4,7,9-14,17H2,1-3H3,(H,39,46). The highest BCUT2D eigenvalue weighted by Crippen LogP contribution is 2.34. The number of anilines is 2. The molecule has 0 radical (unpaired) electrons. The third-order valence-electron chi connectivity index (χ3n) is 8.82.